The monoisotopic (exact) mass is 226 g/mol. The molecule has 1 rings (SSSR count). The van der Waals surface area contributed by atoms with Gasteiger partial charge in [-0.15, -0.1) is 0 Å². The first-order valence-electron chi connectivity index (χ1n) is 3.78. The molecular weight excluding hydrogens is 216 g/mol. The molecule has 0 aliphatic carbocycles. The lowest BCUT2D eigenvalue weighted by Crippen LogP contribution is -1.86. The van der Waals surface area contributed by atoms with E-state index in [1.807, 2.05) is 24.3 Å². The lowest BCUT2D eigenvalue weighted by molar-refractivity contribution is 0.305. The van der Waals surface area contributed by atoms with Crippen LogP contribution in [0.15, 0.2) is 35.3 Å². The summed E-state index contributed by atoms with van der Waals surface area (Å²) >= 11 is 3.38. The van der Waals surface area contributed by atoms with E-state index in [1.54, 1.807) is 0 Å². The average Bonchev–Trinajstić information content (AvgIpc) is 2.05. The van der Waals surface area contributed by atoms with Gasteiger partial charge in [0.25, 0.3) is 0 Å². The fraction of sp³-hybridized carbons (Fsp3) is 0.200. The molecule has 0 saturated carbocycles. The number of benzene rings is 1. The maximum Gasteiger partial charge on any atom is 0.0471 e. The molecule has 0 atom stereocenters. The van der Waals surface area contributed by atoms with Crippen molar-refractivity contribution >= 4 is 21.5 Å². The van der Waals surface area contributed by atoms with Gasteiger partial charge in [-0.3, -0.25) is 0 Å². The highest BCUT2D eigenvalue weighted by Gasteiger charge is 1.97. The van der Waals surface area contributed by atoms with Crippen LogP contribution in [0.4, 0.5) is 0 Å². The fourth-order valence-electron chi connectivity index (χ4n) is 0.988. The van der Waals surface area contributed by atoms with Crippen molar-refractivity contribution in [3.63, 3.8) is 0 Å². The summed E-state index contributed by atoms with van der Waals surface area (Å²) in [6.45, 7) is 4.03. The first-order valence-corrected chi connectivity index (χ1v) is 4.58. The van der Waals surface area contributed by atoms with E-state index in [0.29, 0.717) is 6.42 Å². The summed E-state index contributed by atoms with van der Waals surface area (Å²) in [6, 6.07) is 7.92. The van der Waals surface area contributed by atoms with Crippen LogP contribution in [0.2, 0.25) is 0 Å². The molecule has 0 aliphatic rings. The molecule has 0 aliphatic heterocycles. The minimum Gasteiger partial charge on any atom is -0.396 e. The Kier molecular flexibility index (Phi) is 3.50. The summed E-state index contributed by atoms with van der Waals surface area (Å²) in [6.07, 6.45) is 0.635. The van der Waals surface area contributed by atoms with Crippen molar-refractivity contribution in [1.82, 2.24) is 0 Å². The molecule has 1 aromatic rings. The van der Waals surface area contributed by atoms with Crippen LogP contribution in [0.1, 0.15) is 12.0 Å². The van der Waals surface area contributed by atoms with Gasteiger partial charge in [0.2, 0.25) is 0 Å². The third kappa shape index (κ3) is 2.47. The van der Waals surface area contributed by atoms with Crippen molar-refractivity contribution < 1.29 is 5.11 Å². The van der Waals surface area contributed by atoms with Crippen LogP contribution in [0.25, 0.3) is 5.57 Å². The topological polar surface area (TPSA) is 20.2 Å². The quantitative estimate of drug-likeness (QED) is 0.841. The zero-order chi connectivity index (χ0) is 8.97. The van der Waals surface area contributed by atoms with E-state index < -0.39 is 0 Å². The molecular formula is C10H11BrO. The standard InChI is InChI=1S/C10H11BrO/c1-8(5-6-12)9-3-2-4-10(11)7-9/h2-4,7,12H,1,5-6H2. The Morgan fingerprint density at radius 1 is 1.50 bits per heavy atom. The molecule has 0 spiro atoms. The predicted molar refractivity (Wildman–Crippen MR) is 54.9 cm³/mol. The van der Waals surface area contributed by atoms with Crippen LogP contribution in [0, 0.1) is 0 Å². The zero-order valence-electron chi connectivity index (χ0n) is 6.76. The molecule has 0 amide bonds. The molecule has 0 fully saturated rings. The number of hydrogen-bond acceptors (Lipinski definition) is 1. The Bertz CT molecular complexity index is 281. The lowest BCUT2D eigenvalue weighted by Gasteiger charge is -2.03. The Morgan fingerprint density at radius 2 is 2.25 bits per heavy atom. The molecule has 0 heterocycles. The van der Waals surface area contributed by atoms with Crippen molar-refractivity contribution in [3.05, 3.63) is 40.9 Å². The van der Waals surface area contributed by atoms with Gasteiger partial charge in [-0.25, -0.2) is 0 Å². The van der Waals surface area contributed by atoms with Crippen molar-refractivity contribution in [1.29, 1.82) is 0 Å². The molecule has 0 aromatic heterocycles. The maximum atomic E-state index is 8.69. The lowest BCUT2D eigenvalue weighted by atomic mass is 10.1. The maximum absolute atomic E-state index is 8.69. The summed E-state index contributed by atoms with van der Waals surface area (Å²) in [5, 5.41) is 8.69. The van der Waals surface area contributed by atoms with Crippen LogP contribution in [-0.4, -0.2) is 11.7 Å². The fourth-order valence-corrected chi connectivity index (χ4v) is 1.39. The summed E-state index contributed by atoms with van der Waals surface area (Å²) in [5.74, 6) is 0. The molecule has 12 heavy (non-hydrogen) atoms. The summed E-state index contributed by atoms with van der Waals surface area (Å²) < 4.78 is 1.04. The Labute approximate surface area is 80.9 Å². The summed E-state index contributed by atoms with van der Waals surface area (Å²) in [4.78, 5) is 0. The van der Waals surface area contributed by atoms with Crippen molar-refractivity contribution in [3.8, 4) is 0 Å². The second kappa shape index (κ2) is 4.43. The SMILES string of the molecule is C=C(CCO)c1cccc(Br)c1. The molecule has 1 nitrogen and oxygen atoms in total. The summed E-state index contributed by atoms with van der Waals surface area (Å²) in [5.41, 5.74) is 2.05. The minimum atomic E-state index is 0.158. The molecule has 64 valence electrons. The molecule has 2 heteroatoms. The number of aliphatic hydroxyl groups excluding tert-OH is 1. The minimum absolute atomic E-state index is 0.158. The van der Waals surface area contributed by atoms with Gasteiger partial charge in [-0.05, 0) is 29.7 Å². The van der Waals surface area contributed by atoms with E-state index in [2.05, 4.69) is 22.5 Å². The smallest absolute Gasteiger partial charge is 0.0471 e. The highest BCUT2D eigenvalue weighted by molar-refractivity contribution is 9.10. The van der Waals surface area contributed by atoms with Gasteiger partial charge in [0.05, 0.1) is 0 Å². The first-order chi connectivity index (χ1) is 5.74. The highest BCUT2D eigenvalue weighted by atomic mass is 79.9. The van der Waals surface area contributed by atoms with Gasteiger partial charge in [0, 0.05) is 11.1 Å². The van der Waals surface area contributed by atoms with E-state index in [9.17, 15) is 0 Å². The van der Waals surface area contributed by atoms with Crippen LogP contribution in [0.5, 0.6) is 0 Å². The van der Waals surface area contributed by atoms with Crippen LogP contribution >= 0.6 is 15.9 Å². The van der Waals surface area contributed by atoms with Gasteiger partial charge < -0.3 is 5.11 Å². The van der Waals surface area contributed by atoms with E-state index in [0.717, 1.165) is 15.6 Å². The highest BCUT2D eigenvalue weighted by Crippen LogP contribution is 2.19. The molecule has 0 bridgehead atoms. The zero-order valence-corrected chi connectivity index (χ0v) is 8.34. The second-order valence-corrected chi connectivity index (χ2v) is 3.50. The van der Waals surface area contributed by atoms with E-state index in [-0.39, 0.29) is 6.61 Å². The van der Waals surface area contributed by atoms with Crippen molar-refractivity contribution in [2.75, 3.05) is 6.61 Å². The van der Waals surface area contributed by atoms with Gasteiger partial charge in [-0.2, -0.15) is 0 Å². The van der Waals surface area contributed by atoms with Crippen LogP contribution < -0.4 is 0 Å². The summed E-state index contributed by atoms with van der Waals surface area (Å²) in [7, 11) is 0. The van der Waals surface area contributed by atoms with Gasteiger partial charge in [0.15, 0.2) is 0 Å². The number of rotatable bonds is 3. The van der Waals surface area contributed by atoms with Crippen LogP contribution in [0.3, 0.4) is 0 Å². The Hall–Kier alpha value is -0.600. The molecule has 1 N–H and O–H groups in total. The van der Waals surface area contributed by atoms with Gasteiger partial charge in [0.1, 0.15) is 0 Å². The largest absolute Gasteiger partial charge is 0.396 e. The van der Waals surface area contributed by atoms with E-state index in [4.69, 9.17) is 5.11 Å². The Balaban J connectivity index is 2.81. The molecule has 0 saturated heterocycles. The van der Waals surface area contributed by atoms with Crippen molar-refractivity contribution in [2.24, 2.45) is 0 Å². The molecule has 0 radical (unpaired) electrons. The third-order valence-electron chi connectivity index (χ3n) is 1.65. The number of halogens is 1. The predicted octanol–water partition coefficient (Wildman–Crippen LogP) is 2.84. The molecule has 0 unspecified atom stereocenters. The normalized spacial score (nSPS) is 9.83. The van der Waals surface area contributed by atoms with E-state index >= 15 is 0 Å². The van der Waals surface area contributed by atoms with E-state index in [1.165, 1.54) is 0 Å². The van der Waals surface area contributed by atoms with Gasteiger partial charge >= 0.3 is 0 Å². The van der Waals surface area contributed by atoms with Gasteiger partial charge in [-0.1, -0.05) is 34.6 Å². The second-order valence-electron chi connectivity index (χ2n) is 2.59. The average molecular weight is 227 g/mol. The number of aliphatic hydroxyl groups is 1. The van der Waals surface area contributed by atoms with Crippen molar-refractivity contribution in [2.45, 2.75) is 6.42 Å². The first kappa shape index (κ1) is 9.49. The molecule has 1 aromatic carbocycles. The van der Waals surface area contributed by atoms with Crippen LogP contribution in [-0.2, 0) is 0 Å². The number of hydrogen-bond donors (Lipinski definition) is 1. The Morgan fingerprint density at radius 3 is 2.83 bits per heavy atom. The third-order valence-corrected chi connectivity index (χ3v) is 2.14.